The van der Waals surface area contributed by atoms with E-state index in [4.69, 9.17) is 5.73 Å². The highest BCUT2D eigenvalue weighted by molar-refractivity contribution is 5.82. The number of carbonyl (C=O) groups is 1. The molecule has 112 valence electrons. The lowest BCUT2D eigenvalue weighted by atomic mass is 9.91. The summed E-state index contributed by atoms with van der Waals surface area (Å²) in [4.78, 5) is 20.7. The Labute approximate surface area is 121 Å². The first kappa shape index (κ1) is 16.6. The number of aromatic nitrogens is 1. The molecule has 0 aromatic carbocycles. The molecule has 0 unspecified atom stereocenters. The van der Waals surface area contributed by atoms with Gasteiger partial charge in [-0.2, -0.15) is 0 Å². The largest absolute Gasteiger partial charge is 0.337 e. The van der Waals surface area contributed by atoms with E-state index in [9.17, 15) is 4.79 Å². The highest BCUT2D eigenvalue weighted by Gasteiger charge is 2.30. The van der Waals surface area contributed by atoms with Crippen LogP contribution in [0.5, 0.6) is 0 Å². The van der Waals surface area contributed by atoms with Crippen LogP contribution in [0, 0.1) is 5.41 Å². The fourth-order valence-corrected chi connectivity index (χ4v) is 1.80. The van der Waals surface area contributed by atoms with Gasteiger partial charge >= 0.3 is 0 Å². The Kier molecular flexibility index (Phi) is 6.10. The van der Waals surface area contributed by atoms with Crippen LogP contribution in [0.4, 0.5) is 0 Å². The van der Waals surface area contributed by atoms with Crippen LogP contribution in [0.3, 0.4) is 0 Å². The minimum atomic E-state index is -0.533. The van der Waals surface area contributed by atoms with E-state index in [2.05, 4.69) is 9.88 Å². The zero-order valence-corrected chi connectivity index (χ0v) is 13.0. The summed E-state index contributed by atoms with van der Waals surface area (Å²) in [6.45, 7) is 6.21. The first-order chi connectivity index (χ1) is 9.36. The topological polar surface area (TPSA) is 62.5 Å². The number of nitrogens with zero attached hydrogens (tertiary/aromatic N) is 3. The molecule has 0 aliphatic rings. The van der Waals surface area contributed by atoms with Gasteiger partial charge in [-0.1, -0.05) is 6.07 Å². The molecule has 2 N–H and O–H groups in total. The summed E-state index contributed by atoms with van der Waals surface area (Å²) >= 11 is 0. The number of carbonyl (C=O) groups excluding carboxylic acids is 1. The molecule has 0 atom stereocenters. The van der Waals surface area contributed by atoms with Crippen LogP contribution in [0.1, 0.15) is 19.4 Å². The summed E-state index contributed by atoms with van der Waals surface area (Å²) in [5.41, 5.74) is 6.23. The van der Waals surface area contributed by atoms with Gasteiger partial charge in [-0.05, 0) is 39.6 Å². The average Bonchev–Trinajstić information content (AvgIpc) is 2.43. The van der Waals surface area contributed by atoms with E-state index in [1.165, 1.54) is 0 Å². The van der Waals surface area contributed by atoms with E-state index >= 15 is 0 Å². The zero-order chi connectivity index (χ0) is 15.2. The first-order valence-corrected chi connectivity index (χ1v) is 6.90. The SMILES string of the molecule is CN(C)CCN(Cc1cccnc1)C(=O)C(C)(C)CN. The third-order valence-electron chi connectivity index (χ3n) is 3.29. The van der Waals surface area contributed by atoms with Crippen molar-refractivity contribution in [2.75, 3.05) is 33.7 Å². The number of amides is 1. The van der Waals surface area contributed by atoms with Crippen molar-refractivity contribution in [2.45, 2.75) is 20.4 Å². The Hall–Kier alpha value is -1.46. The van der Waals surface area contributed by atoms with E-state index in [1.807, 2.05) is 45.0 Å². The maximum atomic E-state index is 12.6. The zero-order valence-electron chi connectivity index (χ0n) is 13.0. The second-order valence-corrected chi connectivity index (χ2v) is 5.98. The lowest BCUT2D eigenvalue weighted by molar-refractivity contribution is -0.140. The molecule has 5 nitrogen and oxygen atoms in total. The molecule has 0 aliphatic heterocycles. The van der Waals surface area contributed by atoms with Crippen molar-refractivity contribution in [3.05, 3.63) is 30.1 Å². The van der Waals surface area contributed by atoms with Crippen LogP contribution in [-0.2, 0) is 11.3 Å². The second kappa shape index (κ2) is 7.36. The number of hydrogen-bond acceptors (Lipinski definition) is 4. The summed E-state index contributed by atoms with van der Waals surface area (Å²) in [5.74, 6) is 0.0886. The third kappa shape index (κ3) is 4.90. The lowest BCUT2D eigenvalue weighted by Crippen LogP contribution is -2.46. The Morgan fingerprint density at radius 1 is 1.35 bits per heavy atom. The predicted molar refractivity (Wildman–Crippen MR) is 81.0 cm³/mol. The van der Waals surface area contributed by atoms with Crippen molar-refractivity contribution < 1.29 is 4.79 Å². The van der Waals surface area contributed by atoms with Crippen LogP contribution < -0.4 is 5.73 Å². The van der Waals surface area contributed by atoms with Crippen LogP contribution in [0.2, 0.25) is 0 Å². The summed E-state index contributed by atoms with van der Waals surface area (Å²) in [6, 6.07) is 3.87. The monoisotopic (exact) mass is 278 g/mol. The van der Waals surface area contributed by atoms with Crippen molar-refractivity contribution in [3.8, 4) is 0 Å². The molecule has 0 bridgehead atoms. The maximum absolute atomic E-state index is 12.6. The maximum Gasteiger partial charge on any atom is 0.229 e. The van der Waals surface area contributed by atoms with Gasteiger partial charge in [-0.15, -0.1) is 0 Å². The molecule has 1 aromatic rings. The van der Waals surface area contributed by atoms with Gasteiger partial charge in [0, 0.05) is 38.6 Å². The molecule has 0 spiro atoms. The second-order valence-electron chi connectivity index (χ2n) is 5.98. The summed E-state index contributed by atoms with van der Waals surface area (Å²) < 4.78 is 0. The average molecular weight is 278 g/mol. The van der Waals surface area contributed by atoms with E-state index < -0.39 is 5.41 Å². The quantitative estimate of drug-likeness (QED) is 0.807. The molecule has 0 saturated heterocycles. The standard InChI is InChI=1S/C15H26N4O/c1-15(2,12-16)14(20)19(9-8-18(3)4)11-13-6-5-7-17-10-13/h5-7,10H,8-9,11-12,16H2,1-4H3. The van der Waals surface area contributed by atoms with Gasteiger partial charge in [0.2, 0.25) is 5.91 Å². The van der Waals surface area contributed by atoms with E-state index in [1.54, 1.807) is 12.4 Å². The highest BCUT2D eigenvalue weighted by Crippen LogP contribution is 2.18. The number of nitrogens with two attached hydrogens (primary N) is 1. The number of pyridine rings is 1. The summed E-state index contributed by atoms with van der Waals surface area (Å²) in [6.07, 6.45) is 3.53. The molecular formula is C15H26N4O. The fraction of sp³-hybridized carbons (Fsp3) is 0.600. The van der Waals surface area contributed by atoms with Crippen LogP contribution >= 0.6 is 0 Å². The molecule has 1 amide bonds. The molecule has 0 fully saturated rings. The highest BCUT2D eigenvalue weighted by atomic mass is 16.2. The summed E-state index contributed by atoms with van der Waals surface area (Å²) in [7, 11) is 4.00. The number of rotatable bonds is 7. The molecule has 1 aromatic heterocycles. The molecule has 5 heteroatoms. The Balaban J connectivity index is 2.82. The minimum Gasteiger partial charge on any atom is -0.337 e. The molecule has 1 rings (SSSR count). The number of likely N-dealkylation sites (N-methyl/N-ethyl adjacent to an activating group) is 1. The Morgan fingerprint density at radius 3 is 2.55 bits per heavy atom. The van der Waals surface area contributed by atoms with Crippen molar-refractivity contribution in [1.29, 1.82) is 0 Å². The van der Waals surface area contributed by atoms with Crippen molar-refractivity contribution in [2.24, 2.45) is 11.1 Å². The molecule has 0 saturated carbocycles. The smallest absolute Gasteiger partial charge is 0.229 e. The van der Waals surface area contributed by atoms with Crippen molar-refractivity contribution >= 4 is 5.91 Å². The van der Waals surface area contributed by atoms with Crippen LogP contribution in [0.15, 0.2) is 24.5 Å². The van der Waals surface area contributed by atoms with E-state index in [-0.39, 0.29) is 5.91 Å². The van der Waals surface area contributed by atoms with Gasteiger partial charge in [-0.25, -0.2) is 0 Å². The normalized spacial score (nSPS) is 11.7. The molecule has 20 heavy (non-hydrogen) atoms. The fourth-order valence-electron chi connectivity index (χ4n) is 1.80. The lowest BCUT2D eigenvalue weighted by Gasteiger charge is -2.32. The van der Waals surface area contributed by atoms with E-state index in [0.717, 1.165) is 12.1 Å². The molecule has 0 radical (unpaired) electrons. The van der Waals surface area contributed by atoms with Crippen molar-refractivity contribution in [3.63, 3.8) is 0 Å². The van der Waals surface area contributed by atoms with Gasteiger partial charge in [0.1, 0.15) is 0 Å². The van der Waals surface area contributed by atoms with Gasteiger partial charge in [-0.3, -0.25) is 9.78 Å². The molecular weight excluding hydrogens is 252 g/mol. The molecule has 0 aliphatic carbocycles. The van der Waals surface area contributed by atoms with Gasteiger partial charge in [0.15, 0.2) is 0 Å². The summed E-state index contributed by atoms with van der Waals surface area (Å²) in [5, 5.41) is 0. The predicted octanol–water partition coefficient (Wildman–Crippen LogP) is 0.957. The number of hydrogen-bond donors (Lipinski definition) is 1. The van der Waals surface area contributed by atoms with Gasteiger partial charge in [0.25, 0.3) is 0 Å². The van der Waals surface area contributed by atoms with Gasteiger partial charge in [0.05, 0.1) is 5.41 Å². The third-order valence-corrected chi connectivity index (χ3v) is 3.29. The Morgan fingerprint density at radius 2 is 2.05 bits per heavy atom. The van der Waals surface area contributed by atoms with Gasteiger partial charge < -0.3 is 15.5 Å². The first-order valence-electron chi connectivity index (χ1n) is 6.90. The van der Waals surface area contributed by atoms with Crippen LogP contribution in [-0.4, -0.2) is 54.4 Å². The van der Waals surface area contributed by atoms with Crippen LogP contribution in [0.25, 0.3) is 0 Å². The molecule has 1 heterocycles. The van der Waals surface area contributed by atoms with E-state index in [0.29, 0.717) is 19.6 Å². The van der Waals surface area contributed by atoms with Crippen molar-refractivity contribution in [1.82, 2.24) is 14.8 Å². The minimum absolute atomic E-state index is 0.0886. The Bertz CT molecular complexity index is 417.